The summed E-state index contributed by atoms with van der Waals surface area (Å²) in [6.45, 7) is 4.64. The van der Waals surface area contributed by atoms with Gasteiger partial charge in [0.05, 0.1) is 36.2 Å². The number of aryl methyl sites for hydroxylation is 1. The highest BCUT2D eigenvalue weighted by Gasteiger charge is 2.26. The lowest BCUT2D eigenvalue weighted by Crippen LogP contribution is -2.44. The molecule has 0 unspecified atom stereocenters. The van der Waals surface area contributed by atoms with E-state index < -0.39 is 32.0 Å². The van der Waals surface area contributed by atoms with Crippen molar-refractivity contribution < 1.29 is 31.1 Å². The largest absolute Gasteiger partial charge is 0.496 e. The van der Waals surface area contributed by atoms with E-state index >= 15 is 0 Å². The molecular formula is C22H29N3O7S2. The Morgan fingerprint density at radius 3 is 2.26 bits per heavy atom. The summed E-state index contributed by atoms with van der Waals surface area (Å²) >= 11 is 0. The van der Waals surface area contributed by atoms with Crippen LogP contribution in [0.25, 0.3) is 0 Å². The van der Waals surface area contributed by atoms with Crippen LogP contribution in [0.4, 0.5) is 0 Å². The number of methoxy groups -OCH3 is 1. The van der Waals surface area contributed by atoms with E-state index in [9.17, 15) is 21.6 Å². The van der Waals surface area contributed by atoms with Gasteiger partial charge in [0.2, 0.25) is 26.0 Å². The van der Waals surface area contributed by atoms with Gasteiger partial charge in [-0.3, -0.25) is 4.79 Å². The summed E-state index contributed by atoms with van der Waals surface area (Å²) in [5.74, 6) is 0.0485. The standard InChI is InChI=1S/C22H29N3O7S2/c1-16-14-20(8-9-21(16)31-3)33(27,28)24-17(2)22(26)23-15-18-4-6-19(7-5-18)34(29,30)25-10-12-32-13-11-25/h4-9,14,17,24H,10-13,15H2,1-3H3,(H,23,26)/t17-/m0/s1. The highest BCUT2D eigenvalue weighted by molar-refractivity contribution is 7.89. The lowest BCUT2D eigenvalue weighted by Gasteiger charge is -2.26. The van der Waals surface area contributed by atoms with E-state index in [1.54, 1.807) is 25.1 Å². The van der Waals surface area contributed by atoms with Crippen LogP contribution in [-0.4, -0.2) is 66.5 Å². The van der Waals surface area contributed by atoms with E-state index in [0.717, 1.165) is 0 Å². The van der Waals surface area contributed by atoms with Crippen molar-refractivity contribution in [3.63, 3.8) is 0 Å². The van der Waals surface area contributed by atoms with E-state index in [-0.39, 0.29) is 16.3 Å². The lowest BCUT2D eigenvalue weighted by atomic mass is 10.2. The molecule has 2 N–H and O–H groups in total. The smallest absolute Gasteiger partial charge is 0.243 e. The zero-order valence-electron chi connectivity index (χ0n) is 19.3. The minimum atomic E-state index is -3.91. The maximum Gasteiger partial charge on any atom is 0.243 e. The molecule has 2 aromatic carbocycles. The summed E-state index contributed by atoms with van der Waals surface area (Å²) < 4.78 is 64.7. The minimum absolute atomic E-state index is 0.0301. The van der Waals surface area contributed by atoms with Gasteiger partial charge in [0.25, 0.3) is 0 Å². The van der Waals surface area contributed by atoms with Crippen molar-refractivity contribution in [2.75, 3.05) is 33.4 Å². The summed E-state index contributed by atoms with van der Waals surface area (Å²) in [6.07, 6.45) is 0. The van der Waals surface area contributed by atoms with Crippen molar-refractivity contribution in [3.05, 3.63) is 53.6 Å². The molecular weight excluding hydrogens is 482 g/mol. The zero-order valence-corrected chi connectivity index (χ0v) is 20.9. The molecule has 0 aliphatic carbocycles. The molecule has 10 nitrogen and oxygen atoms in total. The van der Waals surface area contributed by atoms with Gasteiger partial charge in [-0.2, -0.15) is 9.03 Å². The maximum atomic E-state index is 12.7. The molecule has 0 spiro atoms. The number of amides is 1. The SMILES string of the molecule is COc1ccc(S(=O)(=O)N[C@@H](C)C(=O)NCc2ccc(S(=O)(=O)N3CCOCC3)cc2)cc1C. The summed E-state index contributed by atoms with van der Waals surface area (Å²) in [5, 5.41) is 2.66. The van der Waals surface area contributed by atoms with Crippen molar-refractivity contribution >= 4 is 26.0 Å². The number of sulfonamides is 2. The number of hydrogen-bond donors (Lipinski definition) is 2. The van der Waals surface area contributed by atoms with Crippen LogP contribution in [0.15, 0.2) is 52.3 Å². The third-order valence-electron chi connectivity index (χ3n) is 5.40. The van der Waals surface area contributed by atoms with Gasteiger partial charge in [-0.15, -0.1) is 0 Å². The average molecular weight is 512 g/mol. The Morgan fingerprint density at radius 2 is 1.68 bits per heavy atom. The molecule has 1 fully saturated rings. The van der Waals surface area contributed by atoms with Crippen molar-refractivity contribution in [1.82, 2.24) is 14.3 Å². The van der Waals surface area contributed by atoms with E-state index in [0.29, 0.717) is 43.2 Å². The van der Waals surface area contributed by atoms with Crippen LogP contribution in [0.1, 0.15) is 18.1 Å². The number of nitrogens with one attached hydrogen (secondary N) is 2. The van der Waals surface area contributed by atoms with E-state index in [2.05, 4.69) is 10.0 Å². The highest BCUT2D eigenvalue weighted by atomic mass is 32.2. The van der Waals surface area contributed by atoms with Gasteiger partial charge in [-0.1, -0.05) is 12.1 Å². The fourth-order valence-corrected chi connectivity index (χ4v) is 6.13. The lowest BCUT2D eigenvalue weighted by molar-refractivity contribution is -0.122. The van der Waals surface area contributed by atoms with Gasteiger partial charge in [0.15, 0.2) is 0 Å². The van der Waals surface area contributed by atoms with E-state index in [1.165, 1.54) is 42.6 Å². The average Bonchev–Trinajstić information content (AvgIpc) is 2.83. The molecule has 1 heterocycles. The molecule has 0 radical (unpaired) electrons. The van der Waals surface area contributed by atoms with Crippen molar-refractivity contribution in [3.8, 4) is 5.75 Å². The Morgan fingerprint density at radius 1 is 1.06 bits per heavy atom. The second-order valence-corrected chi connectivity index (χ2v) is 11.5. The summed E-state index contributed by atoms with van der Waals surface area (Å²) in [6, 6.07) is 9.62. The van der Waals surface area contributed by atoms with Crippen molar-refractivity contribution in [2.45, 2.75) is 36.2 Å². The molecule has 0 bridgehead atoms. The zero-order chi connectivity index (χ0) is 24.9. The first-order chi connectivity index (χ1) is 16.0. The van der Waals surface area contributed by atoms with Gasteiger partial charge in [-0.25, -0.2) is 16.8 Å². The Hall–Kier alpha value is -2.51. The van der Waals surface area contributed by atoms with Gasteiger partial charge < -0.3 is 14.8 Å². The van der Waals surface area contributed by atoms with Crippen LogP contribution in [0.5, 0.6) is 5.75 Å². The molecule has 1 aliphatic heterocycles. The summed E-state index contributed by atoms with van der Waals surface area (Å²) in [5.41, 5.74) is 1.33. The Kier molecular flexibility index (Phi) is 8.31. The third kappa shape index (κ3) is 6.13. The Balaban J connectivity index is 1.58. The normalized spacial score (nSPS) is 16.1. The fourth-order valence-electron chi connectivity index (χ4n) is 3.43. The Labute approximate surface area is 200 Å². The molecule has 1 aliphatic rings. The van der Waals surface area contributed by atoms with Gasteiger partial charge >= 0.3 is 0 Å². The first-order valence-electron chi connectivity index (χ1n) is 10.7. The molecule has 1 saturated heterocycles. The monoisotopic (exact) mass is 511 g/mol. The number of hydrogen-bond acceptors (Lipinski definition) is 7. The van der Waals surface area contributed by atoms with Crippen molar-refractivity contribution in [2.24, 2.45) is 0 Å². The topological polar surface area (TPSA) is 131 Å². The first kappa shape index (κ1) is 26.1. The van der Waals surface area contributed by atoms with Crippen LogP contribution in [0, 0.1) is 6.92 Å². The van der Waals surface area contributed by atoms with Crippen LogP contribution >= 0.6 is 0 Å². The quantitative estimate of drug-likeness (QED) is 0.514. The molecule has 34 heavy (non-hydrogen) atoms. The minimum Gasteiger partial charge on any atom is -0.496 e. The number of rotatable bonds is 9. The molecule has 0 aromatic heterocycles. The highest BCUT2D eigenvalue weighted by Crippen LogP contribution is 2.21. The van der Waals surface area contributed by atoms with Crippen LogP contribution in [0.3, 0.4) is 0 Å². The summed E-state index contributed by atoms with van der Waals surface area (Å²) in [4.78, 5) is 12.7. The predicted molar refractivity (Wildman–Crippen MR) is 125 cm³/mol. The second-order valence-electron chi connectivity index (χ2n) is 7.85. The molecule has 1 amide bonds. The van der Waals surface area contributed by atoms with Crippen LogP contribution < -0.4 is 14.8 Å². The number of morpholine rings is 1. The van der Waals surface area contributed by atoms with Crippen molar-refractivity contribution in [1.29, 1.82) is 0 Å². The van der Waals surface area contributed by atoms with Gasteiger partial charge in [0, 0.05) is 19.6 Å². The number of carbonyl (C=O) groups is 1. The number of nitrogens with zero attached hydrogens (tertiary/aromatic N) is 1. The van der Waals surface area contributed by atoms with Crippen LogP contribution in [0.2, 0.25) is 0 Å². The maximum absolute atomic E-state index is 12.7. The number of ether oxygens (including phenoxy) is 2. The first-order valence-corrected chi connectivity index (χ1v) is 13.6. The molecule has 2 aromatic rings. The molecule has 186 valence electrons. The van der Waals surface area contributed by atoms with Gasteiger partial charge in [-0.05, 0) is 55.3 Å². The molecule has 1 atom stereocenters. The molecule has 12 heteroatoms. The van der Waals surface area contributed by atoms with E-state index in [4.69, 9.17) is 9.47 Å². The fraction of sp³-hybridized carbons (Fsp3) is 0.409. The Bertz CT molecular complexity index is 1220. The van der Waals surface area contributed by atoms with Gasteiger partial charge in [0.1, 0.15) is 5.75 Å². The number of carbonyl (C=O) groups excluding carboxylic acids is 1. The van der Waals surface area contributed by atoms with E-state index in [1.807, 2.05) is 0 Å². The third-order valence-corrected chi connectivity index (χ3v) is 8.85. The second kappa shape index (κ2) is 10.8. The number of benzene rings is 2. The molecule has 0 saturated carbocycles. The van der Waals surface area contributed by atoms with Crippen LogP contribution in [-0.2, 0) is 36.1 Å². The summed E-state index contributed by atoms with van der Waals surface area (Å²) in [7, 11) is -6.01. The molecule has 3 rings (SSSR count). The predicted octanol–water partition coefficient (Wildman–Crippen LogP) is 1.01.